The molecule has 3 rings (SSSR count). The predicted octanol–water partition coefficient (Wildman–Crippen LogP) is 4.35. The highest BCUT2D eigenvalue weighted by Crippen LogP contribution is 2.27. The van der Waals surface area contributed by atoms with Crippen LogP contribution in [0.2, 0.25) is 0 Å². The van der Waals surface area contributed by atoms with E-state index in [0.717, 1.165) is 31.4 Å². The number of pyridine rings is 1. The largest absolute Gasteiger partial charge is 0.308 e. The van der Waals surface area contributed by atoms with E-state index in [4.69, 9.17) is 0 Å². The molecule has 1 fully saturated rings. The summed E-state index contributed by atoms with van der Waals surface area (Å²) < 4.78 is 27.4. The molecule has 0 N–H and O–H groups in total. The number of thioether (sulfide) groups is 1. The van der Waals surface area contributed by atoms with Crippen molar-refractivity contribution >= 4 is 33.4 Å². The molecule has 1 heterocycles. The molecule has 2 aromatic rings. The molecule has 1 amide bonds. The molecule has 8 heteroatoms. The van der Waals surface area contributed by atoms with Crippen molar-refractivity contribution in [3.8, 4) is 0 Å². The number of rotatable bonds is 9. The first-order valence-corrected chi connectivity index (χ1v) is 12.9. The van der Waals surface area contributed by atoms with Gasteiger partial charge in [0.25, 0.3) is 0 Å². The second-order valence-electron chi connectivity index (χ2n) is 7.56. The van der Waals surface area contributed by atoms with Gasteiger partial charge in [-0.3, -0.25) is 4.79 Å². The van der Waals surface area contributed by atoms with Crippen LogP contribution < -0.4 is 4.90 Å². The van der Waals surface area contributed by atoms with E-state index in [1.54, 1.807) is 30.2 Å². The van der Waals surface area contributed by atoms with Gasteiger partial charge in [0, 0.05) is 31.5 Å². The number of nitrogens with zero attached hydrogens (tertiary/aromatic N) is 3. The summed E-state index contributed by atoms with van der Waals surface area (Å²) in [5, 5.41) is 0.610. The van der Waals surface area contributed by atoms with E-state index in [1.165, 1.54) is 28.7 Å². The lowest BCUT2D eigenvalue weighted by atomic mass is 9.96. The molecule has 166 valence electrons. The number of benzene rings is 1. The van der Waals surface area contributed by atoms with Crippen molar-refractivity contribution in [2.24, 2.45) is 0 Å². The molecule has 1 aromatic carbocycles. The monoisotopic (exact) mass is 459 g/mol. The summed E-state index contributed by atoms with van der Waals surface area (Å²) in [5.41, 5.74) is 0.813. The molecule has 1 saturated carbocycles. The molecule has 1 aliphatic rings. The van der Waals surface area contributed by atoms with Gasteiger partial charge in [0.15, 0.2) is 0 Å². The van der Waals surface area contributed by atoms with Crippen LogP contribution in [0, 0.1) is 0 Å². The number of hydrogen-bond donors (Lipinski definition) is 0. The van der Waals surface area contributed by atoms with Crippen LogP contribution in [0.4, 0.5) is 5.69 Å². The average molecular weight is 460 g/mol. The average Bonchev–Trinajstić information content (AvgIpc) is 2.82. The van der Waals surface area contributed by atoms with Crippen molar-refractivity contribution in [3.63, 3.8) is 0 Å². The minimum absolute atomic E-state index is 0.0549. The highest BCUT2D eigenvalue weighted by atomic mass is 32.2. The first-order valence-electron chi connectivity index (χ1n) is 10.5. The molecule has 0 atom stereocenters. The molecule has 6 nitrogen and oxygen atoms in total. The maximum Gasteiger partial charge on any atom is 0.244 e. The fourth-order valence-corrected chi connectivity index (χ4v) is 5.79. The Morgan fingerprint density at radius 2 is 1.87 bits per heavy atom. The highest BCUT2D eigenvalue weighted by molar-refractivity contribution is 7.99. The zero-order chi connectivity index (χ0) is 22.3. The molecule has 1 aliphatic carbocycles. The van der Waals surface area contributed by atoms with Gasteiger partial charge < -0.3 is 4.90 Å². The third-order valence-electron chi connectivity index (χ3n) is 5.50. The van der Waals surface area contributed by atoms with E-state index in [-0.39, 0.29) is 22.6 Å². The van der Waals surface area contributed by atoms with Gasteiger partial charge in [-0.15, -0.1) is 6.58 Å². The minimum atomic E-state index is -3.57. The molecule has 0 aliphatic heterocycles. The van der Waals surface area contributed by atoms with E-state index in [1.807, 2.05) is 30.3 Å². The van der Waals surface area contributed by atoms with E-state index >= 15 is 0 Å². The Balaban J connectivity index is 1.63. The number of anilines is 1. The van der Waals surface area contributed by atoms with Crippen LogP contribution in [0.25, 0.3) is 0 Å². The Labute approximate surface area is 189 Å². The van der Waals surface area contributed by atoms with Crippen LogP contribution in [0.1, 0.15) is 32.1 Å². The Morgan fingerprint density at radius 1 is 1.16 bits per heavy atom. The number of para-hydroxylation sites is 1. The molecule has 0 saturated heterocycles. The molecule has 0 bridgehead atoms. The Morgan fingerprint density at radius 3 is 2.48 bits per heavy atom. The first-order chi connectivity index (χ1) is 14.9. The Bertz CT molecular complexity index is 973. The summed E-state index contributed by atoms with van der Waals surface area (Å²) >= 11 is 1.29. The fourth-order valence-electron chi connectivity index (χ4n) is 3.71. The third kappa shape index (κ3) is 5.96. The maximum atomic E-state index is 12.9. The highest BCUT2D eigenvalue weighted by Gasteiger charge is 2.29. The molecular formula is C23H29N3O3S2. The van der Waals surface area contributed by atoms with Gasteiger partial charge in [0.05, 0.1) is 10.8 Å². The number of sulfonamides is 1. The van der Waals surface area contributed by atoms with Crippen LogP contribution in [0.5, 0.6) is 0 Å². The Hall–Kier alpha value is -2.16. The van der Waals surface area contributed by atoms with E-state index in [2.05, 4.69) is 11.6 Å². The first kappa shape index (κ1) is 23.5. The number of hydrogen-bond acceptors (Lipinski definition) is 5. The predicted molar refractivity (Wildman–Crippen MR) is 126 cm³/mol. The van der Waals surface area contributed by atoms with Crippen molar-refractivity contribution in [3.05, 3.63) is 61.3 Å². The Kier molecular flexibility index (Phi) is 8.28. The van der Waals surface area contributed by atoms with Gasteiger partial charge in [-0.1, -0.05) is 55.3 Å². The quantitative estimate of drug-likeness (QED) is 0.412. The van der Waals surface area contributed by atoms with Gasteiger partial charge in [-0.05, 0) is 37.1 Å². The molecule has 1 aromatic heterocycles. The summed E-state index contributed by atoms with van der Waals surface area (Å²) in [6, 6.07) is 12.7. The van der Waals surface area contributed by atoms with Gasteiger partial charge in [-0.25, -0.2) is 13.4 Å². The van der Waals surface area contributed by atoms with Crippen LogP contribution in [-0.4, -0.2) is 49.0 Å². The summed E-state index contributed by atoms with van der Waals surface area (Å²) in [6.45, 7) is 4.15. The standard InChI is InChI=1S/C23H29N3O3S2/c1-3-16-26(20-12-8-5-9-13-20)23(27)18-30-22-15-14-21(17-24-22)31(28,29)25(2)19-10-6-4-7-11-19/h3,5,8-9,12-15,17,19H,1,4,6-7,10-11,16,18H2,2H3. The lowest BCUT2D eigenvalue weighted by Gasteiger charge is -2.30. The van der Waals surface area contributed by atoms with Crippen LogP contribution in [0.3, 0.4) is 0 Å². The van der Waals surface area contributed by atoms with E-state index in [9.17, 15) is 13.2 Å². The molecule has 0 unspecified atom stereocenters. The van der Waals surface area contributed by atoms with Crippen LogP contribution in [-0.2, 0) is 14.8 Å². The lowest BCUT2D eigenvalue weighted by molar-refractivity contribution is -0.116. The maximum absolute atomic E-state index is 12.9. The normalized spacial score (nSPS) is 15.0. The van der Waals surface area contributed by atoms with E-state index in [0.29, 0.717) is 11.6 Å². The fraction of sp³-hybridized carbons (Fsp3) is 0.391. The topological polar surface area (TPSA) is 70.6 Å². The molecule has 0 spiro atoms. The van der Waals surface area contributed by atoms with Crippen LogP contribution in [0.15, 0.2) is 71.2 Å². The van der Waals surface area contributed by atoms with Crippen molar-refractivity contribution in [1.82, 2.24) is 9.29 Å². The van der Waals surface area contributed by atoms with Crippen LogP contribution >= 0.6 is 11.8 Å². The summed E-state index contributed by atoms with van der Waals surface area (Å²) in [6.07, 6.45) is 8.20. The zero-order valence-corrected chi connectivity index (χ0v) is 19.4. The molecule has 0 radical (unpaired) electrons. The smallest absolute Gasteiger partial charge is 0.244 e. The van der Waals surface area contributed by atoms with Gasteiger partial charge in [0.2, 0.25) is 15.9 Å². The second-order valence-corrected chi connectivity index (χ2v) is 10.6. The molecule has 31 heavy (non-hydrogen) atoms. The van der Waals surface area contributed by atoms with E-state index < -0.39 is 10.0 Å². The number of amides is 1. The van der Waals surface area contributed by atoms with Gasteiger partial charge >= 0.3 is 0 Å². The SMILES string of the molecule is C=CCN(C(=O)CSc1ccc(S(=O)(=O)N(C)C2CCCCC2)cn1)c1ccccc1. The number of carbonyl (C=O) groups excluding carboxylic acids is 1. The third-order valence-corrected chi connectivity index (χ3v) is 8.32. The van der Waals surface area contributed by atoms with Crippen molar-refractivity contribution in [2.75, 3.05) is 24.2 Å². The summed E-state index contributed by atoms with van der Waals surface area (Å²) in [4.78, 5) is 18.9. The minimum Gasteiger partial charge on any atom is -0.308 e. The summed E-state index contributed by atoms with van der Waals surface area (Å²) in [5.74, 6) is 0.135. The van der Waals surface area contributed by atoms with Crippen molar-refractivity contribution in [1.29, 1.82) is 0 Å². The van der Waals surface area contributed by atoms with Crippen molar-refractivity contribution in [2.45, 2.75) is 48.1 Å². The van der Waals surface area contributed by atoms with Crippen molar-refractivity contribution < 1.29 is 13.2 Å². The van der Waals surface area contributed by atoms with Gasteiger partial charge in [0.1, 0.15) is 4.90 Å². The second kappa shape index (κ2) is 10.9. The molecular weight excluding hydrogens is 430 g/mol. The number of carbonyl (C=O) groups is 1. The van der Waals surface area contributed by atoms with Gasteiger partial charge in [-0.2, -0.15) is 4.31 Å². The summed E-state index contributed by atoms with van der Waals surface area (Å²) in [7, 11) is -1.91. The zero-order valence-electron chi connectivity index (χ0n) is 17.8. The lowest BCUT2D eigenvalue weighted by Crippen LogP contribution is -2.38. The number of aromatic nitrogens is 1.